The van der Waals surface area contributed by atoms with Gasteiger partial charge in [-0.15, -0.1) is 0 Å². The van der Waals surface area contributed by atoms with Gasteiger partial charge in [0.1, 0.15) is 5.75 Å². The number of methoxy groups -OCH3 is 1. The van der Waals surface area contributed by atoms with Crippen LogP contribution in [0.1, 0.15) is 12.5 Å². The van der Waals surface area contributed by atoms with E-state index < -0.39 is 5.91 Å². The van der Waals surface area contributed by atoms with Crippen molar-refractivity contribution in [1.82, 2.24) is 14.9 Å². The molecule has 0 saturated carbocycles. The summed E-state index contributed by atoms with van der Waals surface area (Å²) in [5, 5.41) is 7.40. The molecule has 0 aliphatic heterocycles. The zero-order valence-corrected chi connectivity index (χ0v) is 18.5. The molecule has 0 aliphatic carbocycles. The number of hydrogen-bond donors (Lipinski definition) is 3. The molecule has 0 radical (unpaired) electrons. The quantitative estimate of drug-likeness (QED) is 0.395. The van der Waals surface area contributed by atoms with Gasteiger partial charge in [-0.1, -0.05) is 23.7 Å². The van der Waals surface area contributed by atoms with Crippen molar-refractivity contribution in [2.45, 2.75) is 13.5 Å². The summed E-state index contributed by atoms with van der Waals surface area (Å²) in [7, 11) is 1.59. The largest absolute Gasteiger partial charge is 0.496 e. The summed E-state index contributed by atoms with van der Waals surface area (Å²) in [6, 6.07) is 11.0. The van der Waals surface area contributed by atoms with Crippen molar-refractivity contribution < 1.29 is 19.0 Å². The topological polar surface area (TPSA) is 116 Å². The standard InChI is InChI=1S/C20H22ClN5O4S/c1-3-29-16-9-12(8-14(21)18(16)30-11-17(22)27)10-23-26-19(24-25-20(26)31)13-6-4-5-7-15(13)28-2/h4-9,23H,3,10-11H2,1-2H3,(H2,22,27)(H,25,31). The lowest BCUT2D eigenvalue weighted by molar-refractivity contribution is -0.119. The maximum Gasteiger partial charge on any atom is 0.255 e. The summed E-state index contributed by atoms with van der Waals surface area (Å²) in [5.41, 5.74) is 9.95. The van der Waals surface area contributed by atoms with Gasteiger partial charge < -0.3 is 25.4 Å². The van der Waals surface area contributed by atoms with Crippen LogP contribution in [0.25, 0.3) is 11.4 Å². The van der Waals surface area contributed by atoms with Crippen molar-refractivity contribution in [3.63, 3.8) is 0 Å². The lowest BCUT2D eigenvalue weighted by atomic mass is 10.2. The minimum absolute atomic E-state index is 0.265. The fraction of sp³-hybridized carbons (Fsp3) is 0.250. The molecule has 31 heavy (non-hydrogen) atoms. The molecule has 3 aromatic rings. The summed E-state index contributed by atoms with van der Waals surface area (Å²) in [6.07, 6.45) is 0. The molecule has 2 aromatic carbocycles. The fourth-order valence-electron chi connectivity index (χ4n) is 2.89. The Balaban J connectivity index is 1.87. The molecular formula is C20H22ClN5O4S. The van der Waals surface area contributed by atoms with Gasteiger partial charge in [0.05, 0.1) is 30.8 Å². The number of carbonyl (C=O) groups is 1. The Labute approximate surface area is 189 Å². The van der Waals surface area contributed by atoms with Gasteiger partial charge >= 0.3 is 0 Å². The molecule has 1 heterocycles. The minimum atomic E-state index is -0.609. The van der Waals surface area contributed by atoms with Gasteiger partial charge in [0, 0.05) is 0 Å². The van der Waals surface area contributed by atoms with Crippen LogP contribution in [0.2, 0.25) is 5.02 Å². The van der Waals surface area contributed by atoms with Crippen molar-refractivity contribution in [2.75, 3.05) is 25.7 Å². The van der Waals surface area contributed by atoms with Gasteiger partial charge in [0.15, 0.2) is 23.9 Å². The Morgan fingerprint density at radius 2 is 2.06 bits per heavy atom. The minimum Gasteiger partial charge on any atom is -0.496 e. The molecule has 1 aromatic heterocycles. The second-order valence-electron chi connectivity index (χ2n) is 6.32. The number of para-hydroxylation sites is 1. The van der Waals surface area contributed by atoms with Crippen molar-refractivity contribution in [3.8, 4) is 28.6 Å². The van der Waals surface area contributed by atoms with Crippen LogP contribution in [0.3, 0.4) is 0 Å². The van der Waals surface area contributed by atoms with Crippen molar-refractivity contribution >= 4 is 29.7 Å². The first-order valence-corrected chi connectivity index (χ1v) is 10.1. The average Bonchev–Trinajstić information content (AvgIpc) is 3.11. The number of nitrogens with zero attached hydrogens (tertiary/aromatic N) is 2. The first-order valence-electron chi connectivity index (χ1n) is 9.35. The maximum atomic E-state index is 11.1. The van der Waals surface area contributed by atoms with Crippen LogP contribution in [-0.4, -0.2) is 41.1 Å². The molecule has 9 nitrogen and oxygen atoms in total. The first-order chi connectivity index (χ1) is 14.9. The predicted octanol–water partition coefficient (Wildman–Crippen LogP) is 3.28. The molecule has 0 spiro atoms. The summed E-state index contributed by atoms with van der Waals surface area (Å²) in [5.74, 6) is 1.30. The molecule has 0 unspecified atom stereocenters. The van der Waals surface area contributed by atoms with Gasteiger partial charge in [0.2, 0.25) is 4.77 Å². The molecule has 11 heteroatoms. The van der Waals surface area contributed by atoms with E-state index in [-0.39, 0.29) is 12.4 Å². The molecule has 0 aliphatic rings. The normalized spacial score (nSPS) is 10.5. The fourth-order valence-corrected chi connectivity index (χ4v) is 3.38. The average molecular weight is 464 g/mol. The Bertz CT molecular complexity index is 1130. The number of hydrogen-bond acceptors (Lipinski definition) is 7. The molecule has 0 saturated heterocycles. The Morgan fingerprint density at radius 1 is 1.29 bits per heavy atom. The van der Waals surface area contributed by atoms with Crippen LogP contribution in [0, 0.1) is 4.77 Å². The number of rotatable bonds is 10. The Kier molecular flexibility index (Phi) is 7.37. The number of ether oxygens (including phenoxy) is 3. The predicted molar refractivity (Wildman–Crippen MR) is 120 cm³/mol. The SMILES string of the molecule is CCOc1cc(CNn2c(-c3ccccc3OC)n[nH]c2=S)cc(Cl)c1OCC(N)=O. The highest BCUT2D eigenvalue weighted by Crippen LogP contribution is 2.37. The van der Waals surface area contributed by atoms with Gasteiger partial charge in [-0.3, -0.25) is 4.79 Å². The maximum absolute atomic E-state index is 11.1. The number of amides is 1. The molecule has 0 atom stereocenters. The Hall–Kier alpha value is -3.24. The van der Waals surface area contributed by atoms with Crippen molar-refractivity contribution in [2.24, 2.45) is 5.73 Å². The number of aromatic nitrogens is 3. The van der Waals surface area contributed by atoms with Crippen molar-refractivity contribution in [1.29, 1.82) is 0 Å². The van der Waals surface area contributed by atoms with Gasteiger partial charge in [-0.2, -0.15) is 5.10 Å². The van der Waals surface area contributed by atoms with E-state index in [0.29, 0.717) is 40.3 Å². The highest BCUT2D eigenvalue weighted by molar-refractivity contribution is 7.71. The second kappa shape index (κ2) is 10.2. The number of aromatic amines is 1. The van der Waals surface area contributed by atoms with E-state index in [2.05, 4.69) is 15.6 Å². The van der Waals surface area contributed by atoms with Crippen LogP contribution in [0.5, 0.6) is 17.2 Å². The van der Waals surface area contributed by atoms with Crippen LogP contribution in [0.15, 0.2) is 36.4 Å². The number of nitrogens with two attached hydrogens (primary N) is 1. The second-order valence-corrected chi connectivity index (χ2v) is 7.11. The summed E-state index contributed by atoms with van der Waals surface area (Å²) >= 11 is 11.7. The lowest BCUT2D eigenvalue weighted by Gasteiger charge is -2.16. The van der Waals surface area contributed by atoms with E-state index in [1.54, 1.807) is 23.9 Å². The van der Waals surface area contributed by atoms with E-state index in [1.807, 2.05) is 31.2 Å². The van der Waals surface area contributed by atoms with E-state index in [1.165, 1.54) is 0 Å². The van der Waals surface area contributed by atoms with Gasteiger partial charge in [-0.05, 0) is 49.0 Å². The van der Waals surface area contributed by atoms with Gasteiger partial charge in [-0.25, -0.2) is 9.77 Å². The van der Waals surface area contributed by atoms with E-state index >= 15 is 0 Å². The van der Waals surface area contributed by atoms with E-state index in [0.717, 1.165) is 11.1 Å². The number of H-pyrrole nitrogens is 1. The lowest BCUT2D eigenvalue weighted by Crippen LogP contribution is -2.20. The summed E-state index contributed by atoms with van der Waals surface area (Å²) in [4.78, 5) is 11.1. The van der Waals surface area contributed by atoms with Crippen LogP contribution in [0.4, 0.5) is 0 Å². The number of halogens is 1. The number of carbonyl (C=O) groups excluding carboxylic acids is 1. The van der Waals surface area contributed by atoms with Crippen LogP contribution < -0.4 is 25.4 Å². The third kappa shape index (κ3) is 5.28. The van der Waals surface area contributed by atoms with Gasteiger partial charge in [0.25, 0.3) is 5.91 Å². The number of nitrogens with one attached hydrogen (secondary N) is 2. The van der Waals surface area contributed by atoms with E-state index in [9.17, 15) is 4.79 Å². The highest BCUT2D eigenvalue weighted by atomic mass is 35.5. The molecule has 0 bridgehead atoms. The molecule has 0 fully saturated rings. The smallest absolute Gasteiger partial charge is 0.255 e. The summed E-state index contributed by atoms with van der Waals surface area (Å²) < 4.78 is 18.5. The number of benzene rings is 2. The van der Waals surface area contributed by atoms with Crippen LogP contribution >= 0.6 is 23.8 Å². The molecule has 4 N–H and O–H groups in total. The third-order valence-corrected chi connectivity index (χ3v) is 4.74. The monoisotopic (exact) mass is 463 g/mol. The zero-order valence-electron chi connectivity index (χ0n) is 17.0. The Morgan fingerprint density at radius 3 is 2.77 bits per heavy atom. The first kappa shape index (κ1) is 22.4. The molecule has 1 amide bonds. The summed E-state index contributed by atoms with van der Waals surface area (Å²) in [6.45, 7) is 2.28. The molecule has 164 valence electrons. The molecular weight excluding hydrogens is 442 g/mol. The van der Waals surface area contributed by atoms with E-state index in [4.69, 9.17) is 43.8 Å². The third-order valence-electron chi connectivity index (χ3n) is 4.19. The zero-order chi connectivity index (χ0) is 22.4. The number of primary amides is 1. The molecule has 3 rings (SSSR count). The van der Waals surface area contributed by atoms with Crippen molar-refractivity contribution in [3.05, 3.63) is 51.8 Å². The van der Waals surface area contributed by atoms with Crippen LogP contribution in [-0.2, 0) is 11.3 Å². The highest BCUT2D eigenvalue weighted by Gasteiger charge is 2.16.